The Morgan fingerprint density at radius 2 is 2.56 bits per heavy atom. The van der Waals surface area contributed by atoms with Gasteiger partial charge in [-0.05, 0) is 6.42 Å². The molecule has 0 spiro atoms. The molecule has 0 aliphatic carbocycles. The van der Waals surface area contributed by atoms with Crippen molar-refractivity contribution >= 4 is 11.3 Å². The number of aromatic nitrogens is 2. The summed E-state index contributed by atoms with van der Waals surface area (Å²) in [6, 6.07) is 0. The monoisotopic (exact) mass is 141 g/mol. The molecule has 0 bridgehead atoms. The Kier molecular flexibility index (Phi) is 2.64. The predicted molar refractivity (Wildman–Crippen MR) is 37.4 cm³/mol. The van der Waals surface area contributed by atoms with Gasteiger partial charge in [0.15, 0.2) is 5.51 Å². The molecule has 49 valence electrons. The van der Waals surface area contributed by atoms with Crippen molar-refractivity contribution in [2.45, 2.75) is 26.2 Å². The number of hydrogen-bond donors (Lipinski definition) is 0. The molecule has 0 fully saturated rings. The molecule has 0 amide bonds. The molecule has 0 aromatic carbocycles. The van der Waals surface area contributed by atoms with Crippen molar-refractivity contribution in [3.8, 4) is 0 Å². The Balaban J connectivity index is 2.30. The maximum Gasteiger partial charge on any atom is 0.178 e. The molecule has 9 heavy (non-hydrogen) atoms. The maximum absolute atomic E-state index is 3.87. The number of hydrogen-bond acceptors (Lipinski definition) is 3. The third-order valence-corrected chi connectivity index (χ3v) is 1.80. The van der Waals surface area contributed by atoms with E-state index in [1.54, 1.807) is 0 Å². The summed E-state index contributed by atoms with van der Waals surface area (Å²) >= 11 is 1.52. The molecule has 0 N–H and O–H groups in total. The first-order valence-corrected chi connectivity index (χ1v) is 3.93. The van der Waals surface area contributed by atoms with Crippen LogP contribution in [-0.2, 0) is 6.42 Å². The molecular weight excluding hydrogens is 132 g/mol. The highest BCUT2D eigenvalue weighted by molar-refractivity contribution is 7.08. The van der Waals surface area contributed by atoms with Gasteiger partial charge in [0.1, 0.15) is 5.01 Å². The van der Waals surface area contributed by atoms with Crippen molar-refractivity contribution in [2.24, 2.45) is 0 Å². The van der Waals surface area contributed by atoms with Gasteiger partial charge in [0, 0.05) is 6.42 Å². The molecule has 1 radical (unpaired) electrons. The van der Waals surface area contributed by atoms with Gasteiger partial charge < -0.3 is 0 Å². The standard InChI is InChI=1S/C6H9N2S/c1-2-3-4-6-8-7-5-9-6/h2-4H2,1H3. The largest absolute Gasteiger partial charge is 0.178 e. The minimum Gasteiger partial charge on any atom is -0.143 e. The highest BCUT2D eigenvalue weighted by Crippen LogP contribution is 2.04. The minimum absolute atomic E-state index is 1.07. The van der Waals surface area contributed by atoms with Crippen LogP contribution >= 0.6 is 11.3 Å². The Bertz CT molecular complexity index is 148. The van der Waals surface area contributed by atoms with Gasteiger partial charge in [-0.25, -0.2) is 0 Å². The lowest BCUT2D eigenvalue weighted by atomic mass is 10.3. The van der Waals surface area contributed by atoms with E-state index >= 15 is 0 Å². The van der Waals surface area contributed by atoms with Gasteiger partial charge in [-0.3, -0.25) is 0 Å². The quantitative estimate of drug-likeness (QED) is 0.640. The lowest BCUT2D eigenvalue weighted by Gasteiger charge is -1.87. The van der Waals surface area contributed by atoms with Crippen LogP contribution in [0.15, 0.2) is 0 Å². The topological polar surface area (TPSA) is 25.8 Å². The van der Waals surface area contributed by atoms with Crippen LogP contribution in [0, 0.1) is 5.51 Å². The Morgan fingerprint density at radius 1 is 1.67 bits per heavy atom. The van der Waals surface area contributed by atoms with Gasteiger partial charge in [-0.2, -0.15) is 0 Å². The van der Waals surface area contributed by atoms with Crippen molar-refractivity contribution in [3.63, 3.8) is 0 Å². The predicted octanol–water partition coefficient (Wildman–Crippen LogP) is 1.68. The Morgan fingerprint density at radius 3 is 3.11 bits per heavy atom. The molecule has 0 unspecified atom stereocenters. The Labute approximate surface area is 58.9 Å². The fourth-order valence-electron chi connectivity index (χ4n) is 0.599. The maximum atomic E-state index is 3.87. The second kappa shape index (κ2) is 3.56. The second-order valence-corrected chi connectivity index (χ2v) is 2.75. The van der Waals surface area contributed by atoms with Crippen molar-refractivity contribution in [1.82, 2.24) is 10.2 Å². The molecule has 0 saturated carbocycles. The van der Waals surface area contributed by atoms with Gasteiger partial charge in [-0.1, -0.05) is 24.7 Å². The van der Waals surface area contributed by atoms with Crippen LogP contribution in [0.2, 0.25) is 0 Å². The molecule has 1 aromatic heterocycles. The molecule has 1 aromatic rings. The summed E-state index contributed by atoms with van der Waals surface area (Å²) in [6.45, 7) is 2.17. The molecule has 0 atom stereocenters. The molecule has 0 aliphatic rings. The fourth-order valence-corrected chi connectivity index (χ4v) is 1.11. The van der Waals surface area contributed by atoms with Gasteiger partial charge in [0.2, 0.25) is 0 Å². The van der Waals surface area contributed by atoms with Crippen LogP contribution in [0.1, 0.15) is 24.8 Å². The van der Waals surface area contributed by atoms with Crippen LogP contribution in [0.5, 0.6) is 0 Å². The van der Waals surface area contributed by atoms with Crippen molar-refractivity contribution in [3.05, 3.63) is 10.5 Å². The third-order valence-electron chi connectivity index (χ3n) is 1.11. The first-order chi connectivity index (χ1) is 4.43. The smallest absolute Gasteiger partial charge is 0.143 e. The number of nitrogens with zero attached hydrogens (tertiary/aromatic N) is 2. The van der Waals surface area contributed by atoms with E-state index < -0.39 is 0 Å². The van der Waals surface area contributed by atoms with E-state index in [1.165, 1.54) is 24.2 Å². The van der Waals surface area contributed by atoms with Gasteiger partial charge in [0.25, 0.3) is 0 Å². The van der Waals surface area contributed by atoms with E-state index in [2.05, 4.69) is 22.6 Å². The lowest BCUT2D eigenvalue weighted by molar-refractivity contribution is 0.779. The summed E-state index contributed by atoms with van der Waals surface area (Å²) in [5.74, 6) is 0. The zero-order valence-electron chi connectivity index (χ0n) is 5.42. The van der Waals surface area contributed by atoms with Crippen molar-refractivity contribution in [1.29, 1.82) is 0 Å². The molecule has 3 heteroatoms. The van der Waals surface area contributed by atoms with Crippen molar-refractivity contribution < 1.29 is 0 Å². The van der Waals surface area contributed by atoms with Crippen LogP contribution in [0.4, 0.5) is 0 Å². The van der Waals surface area contributed by atoms with E-state index in [0.717, 1.165) is 11.4 Å². The zero-order valence-corrected chi connectivity index (χ0v) is 6.24. The highest BCUT2D eigenvalue weighted by atomic mass is 32.1. The highest BCUT2D eigenvalue weighted by Gasteiger charge is 1.93. The number of rotatable bonds is 3. The Hall–Kier alpha value is -0.440. The summed E-state index contributed by atoms with van der Waals surface area (Å²) < 4.78 is 0. The summed E-state index contributed by atoms with van der Waals surface area (Å²) in [4.78, 5) is 0. The molecule has 1 rings (SSSR count). The molecule has 0 aliphatic heterocycles. The number of unbranched alkanes of at least 4 members (excludes halogenated alkanes) is 1. The molecule has 0 saturated heterocycles. The fraction of sp³-hybridized carbons (Fsp3) is 0.667. The van der Waals surface area contributed by atoms with E-state index in [-0.39, 0.29) is 0 Å². The average Bonchev–Trinajstić information content (AvgIpc) is 2.34. The van der Waals surface area contributed by atoms with Crippen LogP contribution < -0.4 is 0 Å². The van der Waals surface area contributed by atoms with E-state index in [4.69, 9.17) is 0 Å². The lowest BCUT2D eigenvalue weighted by Crippen LogP contribution is -1.81. The van der Waals surface area contributed by atoms with Crippen molar-refractivity contribution in [2.75, 3.05) is 0 Å². The summed E-state index contributed by atoms with van der Waals surface area (Å²) in [7, 11) is 0. The van der Waals surface area contributed by atoms with Crippen LogP contribution in [-0.4, -0.2) is 10.2 Å². The SMILES string of the molecule is CCCCc1nn[c]s1. The summed E-state index contributed by atoms with van der Waals surface area (Å²) in [6.07, 6.45) is 3.50. The number of aryl methyl sites for hydroxylation is 1. The van der Waals surface area contributed by atoms with E-state index in [1.807, 2.05) is 0 Å². The molecule has 2 nitrogen and oxygen atoms in total. The first kappa shape index (κ1) is 6.68. The van der Waals surface area contributed by atoms with Gasteiger partial charge in [-0.15, -0.1) is 10.2 Å². The van der Waals surface area contributed by atoms with E-state index in [0.29, 0.717) is 0 Å². The third kappa shape index (κ3) is 2.10. The van der Waals surface area contributed by atoms with Gasteiger partial charge in [0.05, 0.1) is 0 Å². The molecular formula is C6H9N2S. The summed E-state index contributed by atoms with van der Waals surface area (Å²) in [5, 5.41) is 8.59. The normalized spacial score (nSPS) is 9.89. The van der Waals surface area contributed by atoms with Crippen LogP contribution in [0.25, 0.3) is 0 Å². The average molecular weight is 141 g/mol. The second-order valence-electron chi connectivity index (χ2n) is 1.89. The summed E-state index contributed by atoms with van der Waals surface area (Å²) in [5.41, 5.74) is 2.72. The van der Waals surface area contributed by atoms with Gasteiger partial charge >= 0.3 is 0 Å². The van der Waals surface area contributed by atoms with Crippen LogP contribution in [0.3, 0.4) is 0 Å². The molecule has 1 heterocycles. The van der Waals surface area contributed by atoms with E-state index in [9.17, 15) is 0 Å². The minimum atomic E-state index is 1.07. The first-order valence-electron chi connectivity index (χ1n) is 3.12. The zero-order chi connectivity index (χ0) is 6.53.